The molecule has 6 nitrogen and oxygen atoms in total. The third kappa shape index (κ3) is 4.26. The summed E-state index contributed by atoms with van der Waals surface area (Å²) in [6, 6.07) is 4.39. The maximum absolute atomic E-state index is 12.4. The van der Waals surface area contributed by atoms with Crippen LogP contribution in [-0.4, -0.2) is 39.9 Å². The van der Waals surface area contributed by atoms with Crippen LogP contribution in [0.25, 0.3) is 0 Å². The highest BCUT2D eigenvalue weighted by atomic mass is 32.2. The lowest BCUT2D eigenvalue weighted by atomic mass is 10.1. The summed E-state index contributed by atoms with van der Waals surface area (Å²) in [6.45, 7) is 0.911. The van der Waals surface area contributed by atoms with Gasteiger partial charge in [-0.1, -0.05) is 0 Å². The standard InChI is InChI=1S/C14H20N2O4S/c1-16(8-10-3-4-10)14(17)12-5-11(9-20-2)6-13(7-12)21(15,18)19/h5-7,10H,3-4,8-9H2,1-2H3,(H2,15,18,19). The van der Waals surface area contributed by atoms with E-state index in [0.717, 1.165) is 12.8 Å². The van der Waals surface area contributed by atoms with Gasteiger partial charge in [-0.3, -0.25) is 4.79 Å². The van der Waals surface area contributed by atoms with Gasteiger partial charge in [-0.15, -0.1) is 0 Å². The summed E-state index contributed by atoms with van der Waals surface area (Å²) in [7, 11) is -0.636. The third-order valence-corrected chi connectivity index (χ3v) is 4.32. The van der Waals surface area contributed by atoms with E-state index in [-0.39, 0.29) is 17.4 Å². The predicted octanol–water partition coefficient (Wildman–Crippen LogP) is 0.962. The second kappa shape index (κ2) is 6.13. The van der Waals surface area contributed by atoms with Gasteiger partial charge in [-0.05, 0) is 42.5 Å². The van der Waals surface area contributed by atoms with Crippen LogP contribution in [0.1, 0.15) is 28.8 Å². The minimum Gasteiger partial charge on any atom is -0.380 e. The molecule has 1 aromatic rings. The topological polar surface area (TPSA) is 89.7 Å². The zero-order valence-corrected chi connectivity index (χ0v) is 13.0. The number of primary sulfonamides is 1. The minimum absolute atomic E-state index is 0.0692. The Labute approximate surface area is 124 Å². The Morgan fingerprint density at radius 3 is 2.57 bits per heavy atom. The van der Waals surface area contributed by atoms with Gasteiger partial charge in [0.25, 0.3) is 5.91 Å². The van der Waals surface area contributed by atoms with Crippen LogP contribution in [0, 0.1) is 5.92 Å². The number of ether oxygens (including phenoxy) is 1. The van der Waals surface area contributed by atoms with Crippen LogP contribution in [0.3, 0.4) is 0 Å². The van der Waals surface area contributed by atoms with Gasteiger partial charge >= 0.3 is 0 Å². The third-order valence-electron chi connectivity index (χ3n) is 3.43. The highest BCUT2D eigenvalue weighted by molar-refractivity contribution is 7.89. The lowest BCUT2D eigenvalue weighted by Gasteiger charge is -2.18. The van der Waals surface area contributed by atoms with Crippen molar-refractivity contribution in [3.05, 3.63) is 29.3 Å². The summed E-state index contributed by atoms with van der Waals surface area (Å²) in [5, 5.41) is 5.16. The summed E-state index contributed by atoms with van der Waals surface area (Å²) in [5.41, 5.74) is 0.920. The van der Waals surface area contributed by atoms with Crippen molar-refractivity contribution in [3.63, 3.8) is 0 Å². The van der Waals surface area contributed by atoms with Gasteiger partial charge in [0.15, 0.2) is 0 Å². The molecule has 0 atom stereocenters. The van der Waals surface area contributed by atoms with E-state index in [0.29, 0.717) is 23.6 Å². The molecule has 0 heterocycles. The number of benzene rings is 1. The number of nitrogens with two attached hydrogens (primary N) is 1. The number of sulfonamides is 1. The van der Waals surface area contributed by atoms with Crippen LogP contribution >= 0.6 is 0 Å². The lowest BCUT2D eigenvalue weighted by Crippen LogP contribution is -2.29. The largest absolute Gasteiger partial charge is 0.380 e. The first-order valence-electron chi connectivity index (χ1n) is 6.72. The van der Waals surface area contributed by atoms with Gasteiger partial charge in [0.1, 0.15) is 0 Å². The zero-order chi connectivity index (χ0) is 15.6. The van der Waals surface area contributed by atoms with Crippen molar-refractivity contribution in [1.29, 1.82) is 0 Å². The molecule has 1 fully saturated rings. The molecule has 1 aromatic carbocycles. The molecule has 7 heteroatoms. The number of carbonyl (C=O) groups excluding carboxylic acids is 1. The van der Waals surface area contributed by atoms with Crippen LogP contribution in [0.15, 0.2) is 23.1 Å². The number of hydrogen-bond donors (Lipinski definition) is 1. The van der Waals surface area contributed by atoms with E-state index in [4.69, 9.17) is 9.88 Å². The molecule has 0 aliphatic heterocycles. The van der Waals surface area contributed by atoms with Crippen LogP contribution in [0.2, 0.25) is 0 Å². The Morgan fingerprint density at radius 2 is 2.05 bits per heavy atom. The first-order valence-corrected chi connectivity index (χ1v) is 8.27. The summed E-state index contributed by atoms with van der Waals surface area (Å²) >= 11 is 0. The molecule has 0 radical (unpaired) electrons. The molecule has 0 unspecified atom stereocenters. The van der Waals surface area contributed by atoms with Crippen molar-refractivity contribution in [1.82, 2.24) is 4.90 Å². The fourth-order valence-corrected chi connectivity index (χ4v) is 2.80. The van der Waals surface area contributed by atoms with Crippen molar-refractivity contribution in [2.45, 2.75) is 24.3 Å². The number of nitrogens with zero attached hydrogens (tertiary/aromatic N) is 1. The molecule has 21 heavy (non-hydrogen) atoms. The molecule has 1 aliphatic rings. The summed E-state index contributed by atoms with van der Waals surface area (Å²) in [5.74, 6) is 0.364. The molecule has 116 valence electrons. The predicted molar refractivity (Wildman–Crippen MR) is 78.2 cm³/mol. The molecular weight excluding hydrogens is 292 g/mol. The van der Waals surface area contributed by atoms with Gasteiger partial charge in [-0.25, -0.2) is 13.6 Å². The number of rotatable bonds is 6. The molecule has 1 aliphatic carbocycles. The molecule has 2 rings (SSSR count). The molecule has 0 spiro atoms. The Kier molecular flexibility index (Phi) is 4.65. The molecule has 0 aromatic heterocycles. The minimum atomic E-state index is -3.86. The average molecular weight is 312 g/mol. The Morgan fingerprint density at radius 1 is 1.38 bits per heavy atom. The van der Waals surface area contributed by atoms with Gasteiger partial charge in [-0.2, -0.15) is 0 Å². The van der Waals surface area contributed by atoms with Gasteiger partial charge < -0.3 is 9.64 Å². The van der Waals surface area contributed by atoms with E-state index in [1.807, 2.05) is 0 Å². The maximum Gasteiger partial charge on any atom is 0.253 e. The van der Waals surface area contributed by atoms with E-state index < -0.39 is 10.0 Å². The lowest BCUT2D eigenvalue weighted by molar-refractivity contribution is 0.0788. The first-order chi connectivity index (χ1) is 9.81. The summed E-state index contributed by atoms with van der Waals surface area (Å²) in [4.78, 5) is 13.9. The smallest absolute Gasteiger partial charge is 0.253 e. The molecule has 0 bridgehead atoms. The van der Waals surface area contributed by atoms with Crippen LogP contribution in [0.4, 0.5) is 0 Å². The molecule has 1 amide bonds. The van der Waals surface area contributed by atoms with Gasteiger partial charge in [0.2, 0.25) is 10.0 Å². The van der Waals surface area contributed by atoms with Crippen molar-refractivity contribution in [3.8, 4) is 0 Å². The van der Waals surface area contributed by atoms with Crippen molar-refractivity contribution >= 4 is 15.9 Å². The van der Waals surface area contributed by atoms with E-state index in [1.54, 1.807) is 18.0 Å². The molecule has 2 N–H and O–H groups in total. The van der Waals surface area contributed by atoms with E-state index >= 15 is 0 Å². The molecule has 1 saturated carbocycles. The fourth-order valence-electron chi connectivity index (χ4n) is 2.19. The summed E-state index contributed by atoms with van der Waals surface area (Å²) in [6.07, 6.45) is 2.29. The number of methoxy groups -OCH3 is 1. The maximum atomic E-state index is 12.4. The van der Waals surface area contributed by atoms with Gasteiger partial charge in [0, 0.05) is 26.3 Å². The summed E-state index contributed by atoms with van der Waals surface area (Å²) < 4.78 is 28.1. The van der Waals surface area contributed by atoms with E-state index in [9.17, 15) is 13.2 Å². The highest BCUT2D eigenvalue weighted by Crippen LogP contribution is 2.29. The second-order valence-corrected chi connectivity index (χ2v) is 7.03. The Balaban J connectivity index is 2.32. The van der Waals surface area contributed by atoms with Crippen LogP contribution in [0.5, 0.6) is 0 Å². The Hall–Kier alpha value is -1.44. The highest BCUT2D eigenvalue weighted by Gasteiger charge is 2.26. The van der Waals surface area contributed by atoms with Crippen LogP contribution < -0.4 is 5.14 Å². The molecule has 0 saturated heterocycles. The Bertz CT molecular complexity index is 638. The SMILES string of the molecule is COCc1cc(C(=O)N(C)CC2CC2)cc(S(N)(=O)=O)c1. The normalized spacial score (nSPS) is 15.0. The number of hydrogen-bond acceptors (Lipinski definition) is 4. The van der Waals surface area contributed by atoms with Crippen molar-refractivity contribution in [2.24, 2.45) is 11.1 Å². The monoisotopic (exact) mass is 312 g/mol. The number of carbonyl (C=O) groups is 1. The van der Waals surface area contributed by atoms with Crippen molar-refractivity contribution in [2.75, 3.05) is 20.7 Å². The van der Waals surface area contributed by atoms with Gasteiger partial charge in [0.05, 0.1) is 11.5 Å². The average Bonchev–Trinajstić information content (AvgIpc) is 3.20. The zero-order valence-electron chi connectivity index (χ0n) is 12.2. The fraction of sp³-hybridized carbons (Fsp3) is 0.500. The van der Waals surface area contributed by atoms with E-state index in [1.165, 1.54) is 19.2 Å². The van der Waals surface area contributed by atoms with Crippen LogP contribution in [-0.2, 0) is 21.4 Å². The van der Waals surface area contributed by atoms with E-state index in [2.05, 4.69) is 0 Å². The van der Waals surface area contributed by atoms with Crippen molar-refractivity contribution < 1.29 is 17.9 Å². The second-order valence-electron chi connectivity index (χ2n) is 5.47. The molecular formula is C14H20N2O4S. The quantitative estimate of drug-likeness (QED) is 0.847. The first kappa shape index (κ1) is 15.9. The number of amides is 1.